The first-order valence-corrected chi connectivity index (χ1v) is 7.12. The molecule has 0 aliphatic carbocycles. The van der Waals surface area contributed by atoms with Crippen LogP contribution in [0, 0.1) is 5.92 Å². The highest BCUT2D eigenvalue weighted by Crippen LogP contribution is 2.27. The summed E-state index contributed by atoms with van der Waals surface area (Å²) in [5.41, 5.74) is 6.92. The highest BCUT2D eigenvalue weighted by Gasteiger charge is 2.34. The first kappa shape index (κ1) is 15.2. The van der Waals surface area contributed by atoms with E-state index < -0.39 is 12.1 Å². The van der Waals surface area contributed by atoms with E-state index in [1.54, 1.807) is 0 Å². The lowest BCUT2D eigenvalue weighted by molar-refractivity contribution is 0.107. The number of amidine groups is 1. The molecule has 1 aromatic carbocycles. The van der Waals surface area contributed by atoms with Crippen molar-refractivity contribution < 1.29 is 15.1 Å². The lowest BCUT2D eigenvalue weighted by Crippen LogP contribution is -2.52. The van der Waals surface area contributed by atoms with Gasteiger partial charge in [0.2, 0.25) is 0 Å². The number of likely N-dealkylation sites (tertiary alicyclic amines) is 1. The maximum absolute atomic E-state index is 11.2. The fourth-order valence-electron chi connectivity index (χ4n) is 2.89. The summed E-state index contributed by atoms with van der Waals surface area (Å²) in [6.45, 7) is 0.426. The minimum absolute atomic E-state index is 0.0261. The van der Waals surface area contributed by atoms with Gasteiger partial charge in [0.05, 0.1) is 6.04 Å². The van der Waals surface area contributed by atoms with Gasteiger partial charge in [0.25, 0.3) is 0 Å². The van der Waals surface area contributed by atoms with Crippen LogP contribution in [0.2, 0.25) is 0 Å². The second-order valence-electron chi connectivity index (χ2n) is 5.43. The molecule has 0 aromatic heterocycles. The summed E-state index contributed by atoms with van der Waals surface area (Å²) in [5, 5.41) is 21.0. The van der Waals surface area contributed by atoms with Gasteiger partial charge < -0.3 is 16.0 Å². The number of rotatable bonds is 4. The number of hydrogen-bond acceptors (Lipinski definition) is 3. The van der Waals surface area contributed by atoms with Gasteiger partial charge in [-0.3, -0.25) is 4.90 Å². The average Bonchev–Trinajstić information content (AvgIpc) is 2.52. The SMILES string of the molecule is NC(=NO)C1CC(CCc2ccccc2)CCN1C(=O)O. The average molecular weight is 291 g/mol. The van der Waals surface area contributed by atoms with Gasteiger partial charge >= 0.3 is 6.09 Å². The van der Waals surface area contributed by atoms with E-state index >= 15 is 0 Å². The molecule has 2 rings (SSSR count). The predicted molar refractivity (Wildman–Crippen MR) is 79.4 cm³/mol. The minimum Gasteiger partial charge on any atom is -0.465 e. The molecule has 114 valence electrons. The van der Waals surface area contributed by atoms with E-state index in [1.807, 2.05) is 18.2 Å². The van der Waals surface area contributed by atoms with Crippen molar-refractivity contribution in [1.29, 1.82) is 0 Å². The van der Waals surface area contributed by atoms with E-state index in [-0.39, 0.29) is 5.84 Å². The molecule has 2 unspecified atom stereocenters. The molecule has 0 saturated carbocycles. The predicted octanol–water partition coefficient (Wildman–Crippen LogP) is 2.12. The van der Waals surface area contributed by atoms with Gasteiger partial charge in [-0.05, 0) is 37.2 Å². The van der Waals surface area contributed by atoms with Crippen molar-refractivity contribution in [2.45, 2.75) is 31.7 Å². The summed E-state index contributed by atoms with van der Waals surface area (Å²) >= 11 is 0. The quantitative estimate of drug-likeness (QED) is 0.342. The van der Waals surface area contributed by atoms with Crippen LogP contribution in [0.1, 0.15) is 24.8 Å². The molecule has 1 fully saturated rings. The highest BCUT2D eigenvalue weighted by atomic mass is 16.4. The zero-order valence-electron chi connectivity index (χ0n) is 11.9. The van der Waals surface area contributed by atoms with Crippen molar-refractivity contribution in [3.05, 3.63) is 35.9 Å². The Morgan fingerprint density at radius 2 is 2.10 bits per heavy atom. The number of benzene rings is 1. The molecule has 1 aliphatic rings. The number of piperidine rings is 1. The normalized spacial score (nSPS) is 23.0. The van der Waals surface area contributed by atoms with Gasteiger partial charge in [0.1, 0.15) is 0 Å². The lowest BCUT2D eigenvalue weighted by Gasteiger charge is -2.37. The smallest absolute Gasteiger partial charge is 0.407 e. The largest absolute Gasteiger partial charge is 0.465 e. The number of hydrogen-bond donors (Lipinski definition) is 3. The molecule has 1 aromatic rings. The van der Waals surface area contributed by atoms with Crippen molar-refractivity contribution in [2.24, 2.45) is 16.8 Å². The number of amides is 1. The number of nitrogens with zero attached hydrogens (tertiary/aromatic N) is 2. The monoisotopic (exact) mass is 291 g/mol. The van der Waals surface area contributed by atoms with E-state index in [1.165, 1.54) is 10.5 Å². The third-order valence-corrected chi connectivity index (χ3v) is 4.10. The Bertz CT molecular complexity index is 504. The Morgan fingerprint density at radius 1 is 1.38 bits per heavy atom. The summed E-state index contributed by atoms with van der Waals surface area (Å²) in [5.74, 6) is 0.355. The van der Waals surface area contributed by atoms with Gasteiger partial charge in [-0.25, -0.2) is 4.79 Å². The molecule has 1 amide bonds. The maximum atomic E-state index is 11.2. The molecule has 21 heavy (non-hydrogen) atoms. The molecule has 0 bridgehead atoms. The summed E-state index contributed by atoms with van der Waals surface area (Å²) in [6.07, 6.45) is 2.34. The summed E-state index contributed by atoms with van der Waals surface area (Å²) < 4.78 is 0. The number of aryl methyl sites for hydroxylation is 1. The van der Waals surface area contributed by atoms with Crippen molar-refractivity contribution in [1.82, 2.24) is 4.90 Å². The van der Waals surface area contributed by atoms with Crippen LogP contribution in [-0.4, -0.2) is 39.7 Å². The van der Waals surface area contributed by atoms with Gasteiger partial charge in [-0.15, -0.1) is 0 Å². The highest BCUT2D eigenvalue weighted by molar-refractivity contribution is 5.88. The Labute approximate surface area is 123 Å². The van der Waals surface area contributed by atoms with Crippen molar-refractivity contribution in [2.75, 3.05) is 6.54 Å². The Kier molecular flexibility index (Phi) is 5.03. The fraction of sp³-hybridized carbons (Fsp3) is 0.467. The van der Waals surface area contributed by atoms with Crippen LogP contribution in [0.3, 0.4) is 0 Å². The van der Waals surface area contributed by atoms with Gasteiger partial charge in [0.15, 0.2) is 5.84 Å². The Hall–Kier alpha value is -2.24. The van der Waals surface area contributed by atoms with Gasteiger partial charge in [-0.1, -0.05) is 35.5 Å². The molecule has 1 heterocycles. The topological polar surface area (TPSA) is 99.2 Å². The zero-order valence-corrected chi connectivity index (χ0v) is 11.9. The van der Waals surface area contributed by atoms with Gasteiger partial charge in [-0.2, -0.15) is 0 Å². The Balaban J connectivity index is 1.96. The third kappa shape index (κ3) is 3.87. The second kappa shape index (κ2) is 6.97. The number of nitrogens with two attached hydrogens (primary N) is 1. The molecular weight excluding hydrogens is 270 g/mol. The first-order valence-electron chi connectivity index (χ1n) is 7.12. The van der Waals surface area contributed by atoms with Crippen LogP contribution in [-0.2, 0) is 6.42 Å². The summed E-state index contributed by atoms with van der Waals surface area (Å²) in [4.78, 5) is 12.5. The van der Waals surface area contributed by atoms with Crippen LogP contribution in [0.5, 0.6) is 0 Å². The van der Waals surface area contributed by atoms with Crippen LogP contribution < -0.4 is 5.73 Å². The molecule has 4 N–H and O–H groups in total. The van der Waals surface area contributed by atoms with E-state index in [2.05, 4.69) is 17.3 Å². The minimum atomic E-state index is -1.02. The second-order valence-corrected chi connectivity index (χ2v) is 5.43. The molecule has 0 spiro atoms. The van der Waals surface area contributed by atoms with E-state index in [0.717, 1.165) is 19.3 Å². The lowest BCUT2D eigenvalue weighted by atomic mass is 9.86. The van der Waals surface area contributed by atoms with Crippen LogP contribution in [0.4, 0.5) is 4.79 Å². The third-order valence-electron chi connectivity index (χ3n) is 4.10. The van der Waals surface area contributed by atoms with Crippen LogP contribution >= 0.6 is 0 Å². The number of carbonyl (C=O) groups is 1. The number of oxime groups is 1. The molecule has 1 saturated heterocycles. The standard InChI is InChI=1S/C15H21N3O3/c16-14(17-21)13-10-12(8-9-18(13)15(19)20)7-6-11-4-2-1-3-5-11/h1-5,12-13,21H,6-10H2,(H2,16,17)(H,19,20). The summed E-state index contributed by atoms with van der Waals surface area (Å²) in [7, 11) is 0. The maximum Gasteiger partial charge on any atom is 0.407 e. The summed E-state index contributed by atoms with van der Waals surface area (Å²) in [6, 6.07) is 9.68. The van der Waals surface area contributed by atoms with E-state index in [4.69, 9.17) is 10.9 Å². The zero-order chi connectivity index (χ0) is 15.2. The number of carboxylic acid groups (broad SMARTS) is 1. The Morgan fingerprint density at radius 3 is 2.71 bits per heavy atom. The first-order chi connectivity index (χ1) is 10.1. The fourth-order valence-corrected chi connectivity index (χ4v) is 2.89. The van der Waals surface area contributed by atoms with Crippen LogP contribution in [0.25, 0.3) is 0 Å². The van der Waals surface area contributed by atoms with Crippen molar-refractivity contribution >= 4 is 11.9 Å². The molecular formula is C15H21N3O3. The van der Waals surface area contributed by atoms with Crippen molar-refractivity contribution in [3.63, 3.8) is 0 Å². The van der Waals surface area contributed by atoms with Crippen molar-refractivity contribution in [3.8, 4) is 0 Å². The van der Waals surface area contributed by atoms with E-state index in [0.29, 0.717) is 18.9 Å². The molecule has 1 aliphatic heterocycles. The molecule has 2 atom stereocenters. The van der Waals surface area contributed by atoms with Gasteiger partial charge in [0, 0.05) is 6.54 Å². The van der Waals surface area contributed by atoms with Crippen LogP contribution in [0.15, 0.2) is 35.5 Å². The molecule has 0 radical (unpaired) electrons. The molecule has 6 nitrogen and oxygen atoms in total. The molecule has 6 heteroatoms. The van der Waals surface area contributed by atoms with E-state index in [9.17, 15) is 9.90 Å².